The van der Waals surface area contributed by atoms with Gasteiger partial charge in [-0.25, -0.2) is 14.3 Å². The van der Waals surface area contributed by atoms with Gasteiger partial charge in [0.05, 0.1) is 24.1 Å². The number of anilines is 1. The van der Waals surface area contributed by atoms with E-state index in [0.717, 1.165) is 55.6 Å². The Kier molecular flexibility index (Phi) is 5.39. The lowest BCUT2D eigenvalue weighted by Gasteiger charge is -2.35. The molecule has 9 nitrogen and oxygen atoms in total. The SMILES string of the molecule is Cc1cncc(N2CCN(CCn3nc(-n4nc(C)cc4C)ccc3=O)CC2)n1. The summed E-state index contributed by atoms with van der Waals surface area (Å²) in [7, 11) is 0. The number of aryl methyl sites for hydroxylation is 3. The molecule has 3 aromatic rings. The van der Waals surface area contributed by atoms with Crippen molar-refractivity contribution in [2.45, 2.75) is 27.3 Å². The van der Waals surface area contributed by atoms with Crippen LogP contribution in [0.1, 0.15) is 17.1 Å². The Balaban J connectivity index is 1.38. The molecule has 0 radical (unpaired) electrons. The van der Waals surface area contributed by atoms with Crippen LogP contribution in [0.5, 0.6) is 0 Å². The molecule has 0 aromatic carbocycles. The summed E-state index contributed by atoms with van der Waals surface area (Å²) in [6, 6.07) is 5.28. The van der Waals surface area contributed by atoms with Crippen LogP contribution in [-0.4, -0.2) is 67.2 Å². The van der Waals surface area contributed by atoms with Crippen molar-refractivity contribution in [3.63, 3.8) is 0 Å². The molecule has 4 rings (SSSR count). The van der Waals surface area contributed by atoms with Gasteiger partial charge in [0.25, 0.3) is 5.56 Å². The van der Waals surface area contributed by atoms with Crippen molar-refractivity contribution in [1.29, 1.82) is 0 Å². The number of nitrogens with zero attached hydrogens (tertiary/aromatic N) is 8. The van der Waals surface area contributed by atoms with E-state index in [9.17, 15) is 4.79 Å². The van der Waals surface area contributed by atoms with Crippen LogP contribution in [0.15, 0.2) is 35.4 Å². The molecular weight excluding hydrogens is 368 g/mol. The third-order valence-corrected chi connectivity index (χ3v) is 5.15. The molecule has 9 heteroatoms. The molecule has 3 aromatic heterocycles. The molecule has 152 valence electrons. The van der Waals surface area contributed by atoms with Gasteiger partial charge in [-0.15, -0.1) is 5.10 Å². The molecule has 0 amide bonds. The highest BCUT2D eigenvalue weighted by atomic mass is 16.1. The van der Waals surface area contributed by atoms with Crippen molar-refractivity contribution < 1.29 is 0 Å². The Hall–Kier alpha value is -3.07. The van der Waals surface area contributed by atoms with E-state index >= 15 is 0 Å². The molecule has 0 N–H and O–H groups in total. The summed E-state index contributed by atoms with van der Waals surface area (Å²) in [5.74, 6) is 1.60. The first-order chi connectivity index (χ1) is 14.0. The van der Waals surface area contributed by atoms with Gasteiger partial charge in [0.15, 0.2) is 5.82 Å². The van der Waals surface area contributed by atoms with E-state index in [1.54, 1.807) is 23.0 Å². The smallest absolute Gasteiger partial charge is 0.266 e. The van der Waals surface area contributed by atoms with E-state index in [4.69, 9.17) is 0 Å². The van der Waals surface area contributed by atoms with Crippen molar-refractivity contribution in [3.05, 3.63) is 58.0 Å². The number of piperazine rings is 1. The fourth-order valence-corrected chi connectivity index (χ4v) is 3.61. The van der Waals surface area contributed by atoms with Crippen LogP contribution in [0, 0.1) is 20.8 Å². The first-order valence-electron chi connectivity index (χ1n) is 9.87. The molecule has 4 heterocycles. The second-order valence-electron chi connectivity index (χ2n) is 7.44. The van der Waals surface area contributed by atoms with Crippen LogP contribution in [0.25, 0.3) is 5.82 Å². The van der Waals surface area contributed by atoms with Crippen molar-refractivity contribution in [2.75, 3.05) is 37.6 Å². The Morgan fingerprint density at radius 2 is 1.69 bits per heavy atom. The summed E-state index contributed by atoms with van der Waals surface area (Å²) in [6.45, 7) is 10.8. The molecule has 0 atom stereocenters. The third kappa shape index (κ3) is 4.34. The van der Waals surface area contributed by atoms with Crippen molar-refractivity contribution >= 4 is 5.82 Å². The molecule has 0 bridgehead atoms. The lowest BCUT2D eigenvalue weighted by atomic mass is 10.3. The van der Waals surface area contributed by atoms with Crippen LogP contribution in [0.2, 0.25) is 0 Å². The van der Waals surface area contributed by atoms with Crippen LogP contribution >= 0.6 is 0 Å². The average Bonchev–Trinajstić information content (AvgIpc) is 3.06. The minimum Gasteiger partial charge on any atom is -0.353 e. The molecule has 1 fully saturated rings. The topological polar surface area (TPSA) is 85.0 Å². The number of hydrogen-bond acceptors (Lipinski definition) is 7. The first-order valence-corrected chi connectivity index (χ1v) is 9.87. The fraction of sp³-hybridized carbons (Fsp3) is 0.450. The van der Waals surface area contributed by atoms with Crippen molar-refractivity contribution in [1.82, 2.24) is 34.4 Å². The van der Waals surface area contributed by atoms with Gasteiger partial charge in [0.1, 0.15) is 5.82 Å². The maximum atomic E-state index is 12.3. The van der Waals surface area contributed by atoms with Crippen molar-refractivity contribution in [3.8, 4) is 5.82 Å². The van der Waals surface area contributed by atoms with E-state index in [1.165, 1.54) is 4.68 Å². The zero-order chi connectivity index (χ0) is 20.4. The van der Waals surface area contributed by atoms with E-state index < -0.39 is 0 Å². The van der Waals surface area contributed by atoms with Gasteiger partial charge in [-0.1, -0.05) is 0 Å². The maximum absolute atomic E-state index is 12.3. The molecule has 29 heavy (non-hydrogen) atoms. The summed E-state index contributed by atoms with van der Waals surface area (Å²) in [5.41, 5.74) is 2.76. The Morgan fingerprint density at radius 3 is 2.38 bits per heavy atom. The maximum Gasteiger partial charge on any atom is 0.266 e. The lowest BCUT2D eigenvalue weighted by Crippen LogP contribution is -2.48. The monoisotopic (exact) mass is 394 g/mol. The van der Waals surface area contributed by atoms with E-state index in [-0.39, 0.29) is 5.56 Å². The zero-order valence-electron chi connectivity index (χ0n) is 17.1. The van der Waals surface area contributed by atoms with E-state index in [1.807, 2.05) is 33.0 Å². The predicted molar refractivity (Wildman–Crippen MR) is 111 cm³/mol. The summed E-state index contributed by atoms with van der Waals surface area (Å²) in [4.78, 5) is 25.7. The average molecular weight is 394 g/mol. The molecule has 0 spiro atoms. The molecule has 0 aliphatic carbocycles. The van der Waals surface area contributed by atoms with Gasteiger partial charge in [0.2, 0.25) is 0 Å². The molecule has 0 unspecified atom stereocenters. The van der Waals surface area contributed by atoms with Gasteiger partial charge in [-0.05, 0) is 32.9 Å². The lowest BCUT2D eigenvalue weighted by molar-refractivity contribution is 0.242. The quantitative estimate of drug-likeness (QED) is 0.637. The zero-order valence-corrected chi connectivity index (χ0v) is 17.1. The van der Waals surface area contributed by atoms with Crippen LogP contribution in [0.3, 0.4) is 0 Å². The number of rotatable bonds is 5. The minimum absolute atomic E-state index is 0.0936. The molecule has 1 saturated heterocycles. The largest absolute Gasteiger partial charge is 0.353 e. The highest BCUT2D eigenvalue weighted by Crippen LogP contribution is 2.13. The van der Waals surface area contributed by atoms with Crippen LogP contribution in [-0.2, 0) is 6.54 Å². The Labute approximate surface area is 169 Å². The molecular formula is C20H26N8O. The normalized spacial score (nSPS) is 15.1. The Bertz CT molecular complexity index is 1050. The van der Waals surface area contributed by atoms with Crippen LogP contribution in [0.4, 0.5) is 5.82 Å². The fourth-order valence-electron chi connectivity index (χ4n) is 3.61. The van der Waals surface area contributed by atoms with Gasteiger partial charge in [-0.2, -0.15) is 5.10 Å². The first kappa shape index (κ1) is 19.3. The summed E-state index contributed by atoms with van der Waals surface area (Å²) < 4.78 is 3.30. The summed E-state index contributed by atoms with van der Waals surface area (Å²) in [6.07, 6.45) is 3.58. The molecule has 1 aliphatic rings. The van der Waals surface area contributed by atoms with Crippen molar-refractivity contribution in [2.24, 2.45) is 0 Å². The highest BCUT2D eigenvalue weighted by molar-refractivity contribution is 5.36. The second kappa shape index (κ2) is 8.12. The van der Waals surface area contributed by atoms with E-state index in [2.05, 4.69) is 30.0 Å². The molecule has 1 aliphatic heterocycles. The summed E-state index contributed by atoms with van der Waals surface area (Å²) in [5, 5.41) is 8.98. The predicted octanol–water partition coefficient (Wildman–Crippen LogP) is 0.966. The third-order valence-electron chi connectivity index (χ3n) is 5.15. The van der Waals surface area contributed by atoms with Gasteiger partial charge >= 0.3 is 0 Å². The second-order valence-corrected chi connectivity index (χ2v) is 7.44. The highest BCUT2D eigenvalue weighted by Gasteiger charge is 2.18. The summed E-state index contributed by atoms with van der Waals surface area (Å²) >= 11 is 0. The van der Waals surface area contributed by atoms with Gasteiger partial charge in [-0.3, -0.25) is 14.7 Å². The van der Waals surface area contributed by atoms with Crippen LogP contribution < -0.4 is 10.5 Å². The van der Waals surface area contributed by atoms with Gasteiger partial charge < -0.3 is 4.90 Å². The minimum atomic E-state index is -0.0936. The van der Waals surface area contributed by atoms with E-state index in [0.29, 0.717) is 12.4 Å². The van der Waals surface area contributed by atoms with Gasteiger partial charge in [0, 0.05) is 50.7 Å². The Morgan fingerprint density at radius 1 is 0.897 bits per heavy atom. The molecule has 0 saturated carbocycles. The number of aromatic nitrogens is 6. The number of hydrogen-bond donors (Lipinski definition) is 0. The standard InChI is InChI=1S/C20H26N8O/c1-15-12-17(3)28(23-15)18-4-5-20(29)27(24-18)11-8-25-6-9-26(10-7-25)19-14-21-13-16(2)22-19/h4-5,12-14H,6-11H2,1-3H3.